The van der Waals surface area contributed by atoms with Crippen LogP contribution in [-0.2, 0) is 32.1 Å². The van der Waals surface area contributed by atoms with Gasteiger partial charge in [-0.15, -0.1) is 23.1 Å². The number of carbonyl (C=O) groups excluding carboxylic acids is 5. The highest BCUT2D eigenvalue weighted by Gasteiger charge is 2.31. The van der Waals surface area contributed by atoms with E-state index in [4.69, 9.17) is 9.47 Å². The molecule has 3 N–H and O–H groups in total. The molecule has 1 atom stereocenters. The van der Waals surface area contributed by atoms with Gasteiger partial charge in [-0.2, -0.15) is 0 Å². The summed E-state index contributed by atoms with van der Waals surface area (Å²) in [6.07, 6.45) is 2.54. The third-order valence-corrected chi connectivity index (χ3v) is 10.8. The number of fused-ring (bicyclic) bond motifs is 1. The van der Waals surface area contributed by atoms with E-state index in [2.05, 4.69) is 16.0 Å². The fourth-order valence-corrected chi connectivity index (χ4v) is 7.96. The fourth-order valence-electron chi connectivity index (χ4n) is 5.69. The molecule has 0 aliphatic carbocycles. The summed E-state index contributed by atoms with van der Waals surface area (Å²) in [4.78, 5) is 69.0. The van der Waals surface area contributed by atoms with Crippen molar-refractivity contribution in [1.29, 1.82) is 0 Å². The molecule has 1 aromatic heterocycles. The first-order chi connectivity index (χ1) is 25.6. The Bertz CT molecular complexity index is 2010. The van der Waals surface area contributed by atoms with Gasteiger partial charge in [0.05, 0.1) is 30.6 Å². The summed E-state index contributed by atoms with van der Waals surface area (Å²) in [5.74, 6) is -1.28. The molecule has 0 fully saturated rings. The topological polar surface area (TPSA) is 143 Å². The summed E-state index contributed by atoms with van der Waals surface area (Å²) in [5.41, 5.74) is 2.63. The van der Waals surface area contributed by atoms with E-state index in [1.807, 2.05) is 32.0 Å². The van der Waals surface area contributed by atoms with Crippen molar-refractivity contribution in [3.8, 4) is 5.75 Å². The van der Waals surface area contributed by atoms with Crippen molar-refractivity contribution in [1.82, 2.24) is 10.2 Å². The van der Waals surface area contributed by atoms with Gasteiger partial charge < -0.3 is 30.3 Å². The first-order valence-electron chi connectivity index (χ1n) is 17.4. The smallest absolute Gasteiger partial charge is 0.341 e. The fraction of sp³-hybridized carbons (Fsp3) is 0.275. The summed E-state index contributed by atoms with van der Waals surface area (Å²) in [7, 11) is 0. The van der Waals surface area contributed by atoms with E-state index < -0.39 is 23.0 Å². The third kappa shape index (κ3) is 9.93. The maximum absolute atomic E-state index is 13.8. The van der Waals surface area contributed by atoms with E-state index >= 15 is 0 Å². The Morgan fingerprint density at radius 3 is 2.40 bits per heavy atom. The lowest BCUT2D eigenvalue weighted by atomic mass is 10.0. The van der Waals surface area contributed by atoms with Crippen molar-refractivity contribution >= 4 is 69.5 Å². The monoisotopic (exact) mass is 754 g/mol. The van der Waals surface area contributed by atoms with Crippen LogP contribution in [-0.4, -0.2) is 59.5 Å². The average molecular weight is 755 g/mol. The number of benzene rings is 3. The number of nitrogens with one attached hydrogen (secondary N) is 3. The molecule has 0 spiro atoms. The number of anilines is 2. The molecule has 1 aliphatic rings. The molecular weight excluding hydrogens is 713 g/mol. The summed E-state index contributed by atoms with van der Waals surface area (Å²) in [6.45, 7) is 8.46. The Hall–Kier alpha value is -5.40. The van der Waals surface area contributed by atoms with E-state index in [9.17, 15) is 24.0 Å². The number of para-hydroxylation sites is 1. The van der Waals surface area contributed by atoms with Gasteiger partial charge in [-0.05, 0) is 74.7 Å². The van der Waals surface area contributed by atoms with Crippen LogP contribution in [0, 0.1) is 0 Å². The predicted octanol–water partition coefficient (Wildman–Crippen LogP) is 7.15. The lowest BCUT2D eigenvalue weighted by molar-refractivity contribution is -0.129. The van der Waals surface area contributed by atoms with E-state index in [1.54, 1.807) is 78.6 Å². The summed E-state index contributed by atoms with van der Waals surface area (Å²) in [6, 6.07) is 22.9. The molecule has 11 nitrogen and oxygen atoms in total. The molecule has 53 heavy (non-hydrogen) atoms. The molecular formula is C40H42N4O7S2. The second kappa shape index (κ2) is 18.4. The Kier molecular flexibility index (Phi) is 13.5. The number of carbonyl (C=O) groups is 5. The normalized spacial score (nSPS) is 13.0. The van der Waals surface area contributed by atoms with E-state index in [0.717, 1.165) is 15.3 Å². The van der Waals surface area contributed by atoms with Crippen LogP contribution in [0.25, 0.3) is 6.08 Å². The molecule has 1 aliphatic heterocycles. The molecule has 4 aromatic rings. The third-order valence-electron chi connectivity index (χ3n) is 8.30. The minimum atomic E-state index is -0.552. The zero-order valence-corrected chi connectivity index (χ0v) is 31.7. The highest BCUT2D eigenvalue weighted by Crippen LogP contribution is 2.39. The van der Waals surface area contributed by atoms with E-state index in [1.165, 1.54) is 30.0 Å². The van der Waals surface area contributed by atoms with Crippen LogP contribution in [0.5, 0.6) is 5.75 Å². The Morgan fingerprint density at radius 1 is 0.925 bits per heavy atom. The molecule has 276 valence electrons. The van der Waals surface area contributed by atoms with Gasteiger partial charge in [0.15, 0.2) is 0 Å². The van der Waals surface area contributed by atoms with Gasteiger partial charge in [-0.1, -0.05) is 49.4 Å². The van der Waals surface area contributed by atoms with Crippen LogP contribution in [0.15, 0.2) is 89.5 Å². The quantitative estimate of drug-likeness (QED) is 0.0700. The van der Waals surface area contributed by atoms with Crippen LogP contribution < -0.4 is 20.7 Å². The van der Waals surface area contributed by atoms with Crippen LogP contribution in [0.1, 0.15) is 70.8 Å². The number of amides is 4. The van der Waals surface area contributed by atoms with Gasteiger partial charge in [0.2, 0.25) is 11.8 Å². The minimum absolute atomic E-state index is 0.0114. The number of hydrogen-bond acceptors (Lipinski definition) is 9. The van der Waals surface area contributed by atoms with Gasteiger partial charge in [0.25, 0.3) is 11.8 Å². The molecule has 3 aromatic carbocycles. The van der Waals surface area contributed by atoms with Crippen molar-refractivity contribution in [3.05, 3.63) is 112 Å². The lowest BCUT2D eigenvalue weighted by Gasteiger charge is -2.25. The van der Waals surface area contributed by atoms with Crippen molar-refractivity contribution in [2.75, 3.05) is 30.4 Å². The first-order valence-corrected chi connectivity index (χ1v) is 19.1. The van der Waals surface area contributed by atoms with Crippen molar-refractivity contribution in [3.63, 3.8) is 0 Å². The minimum Gasteiger partial charge on any atom is -0.493 e. The zero-order valence-electron chi connectivity index (χ0n) is 30.0. The molecule has 4 amide bonds. The number of rotatable bonds is 14. The molecule has 1 unspecified atom stereocenters. The number of hydrogen-bond donors (Lipinski definition) is 3. The highest BCUT2D eigenvalue weighted by atomic mass is 32.2. The molecule has 13 heteroatoms. The average Bonchev–Trinajstić information content (AvgIpc) is 3.52. The SMILES string of the molecule is CCOC(=O)c1c(NC(=O)C(CC)Sc2cccc(NC(=O)/C(=C\c3ccccc3OCC)NC(=O)c3ccccc3)c2)sc2c1CCN(C(C)=O)C2. The first kappa shape index (κ1) is 38.8. The molecule has 5 rings (SSSR count). The molecule has 0 saturated carbocycles. The number of thiophene rings is 1. The summed E-state index contributed by atoms with van der Waals surface area (Å²) in [5, 5.41) is 8.49. The van der Waals surface area contributed by atoms with Crippen molar-refractivity contribution in [2.45, 2.75) is 57.2 Å². The Balaban J connectivity index is 1.34. The maximum atomic E-state index is 13.8. The maximum Gasteiger partial charge on any atom is 0.341 e. The van der Waals surface area contributed by atoms with Gasteiger partial charge >= 0.3 is 5.97 Å². The number of ether oxygens (including phenoxy) is 2. The molecule has 0 radical (unpaired) electrons. The van der Waals surface area contributed by atoms with E-state index in [-0.39, 0.29) is 24.1 Å². The summed E-state index contributed by atoms with van der Waals surface area (Å²) >= 11 is 2.61. The highest BCUT2D eigenvalue weighted by molar-refractivity contribution is 8.00. The van der Waals surface area contributed by atoms with Crippen LogP contribution in [0.4, 0.5) is 10.7 Å². The standard InChI is InChI=1S/C40H42N4O7S2/c1-5-33(38(48)43-39-35(40(49)51-7-3)30-20-21-44(25(4)45)24-34(30)53-39)52-29-18-13-17-28(23-29)41-37(47)31(42-36(46)26-14-9-8-10-15-26)22-27-16-11-12-19-32(27)50-6-2/h8-19,22-23,33H,5-7,20-21,24H2,1-4H3,(H,41,47)(H,42,46)(H,43,48)/b31-22+. The van der Waals surface area contributed by atoms with Gasteiger partial charge in [-0.3, -0.25) is 19.2 Å². The van der Waals surface area contributed by atoms with Crippen molar-refractivity contribution in [2.24, 2.45) is 0 Å². The van der Waals surface area contributed by atoms with Crippen LogP contribution in [0.3, 0.4) is 0 Å². The van der Waals surface area contributed by atoms with Crippen LogP contribution in [0.2, 0.25) is 0 Å². The lowest BCUT2D eigenvalue weighted by Crippen LogP contribution is -2.34. The molecule has 0 saturated heterocycles. The number of esters is 1. The van der Waals surface area contributed by atoms with Gasteiger partial charge in [0.1, 0.15) is 16.4 Å². The molecule has 0 bridgehead atoms. The van der Waals surface area contributed by atoms with Gasteiger partial charge in [-0.25, -0.2) is 4.79 Å². The Morgan fingerprint density at radius 2 is 1.68 bits per heavy atom. The second-order valence-electron chi connectivity index (χ2n) is 12.0. The van der Waals surface area contributed by atoms with Gasteiger partial charge in [0, 0.05) is 40.1 Å². The van der Waals surface area contributed by atoms with Crippen molar-refractivity contribution < 1.29 is 33.4 Å². The zero-order chi connectivity index (χ0) is 37.9. The van der Waals surface area contributed by atoms with Crippen LogP contribution >= 0.6 is 23.1 Å². The largest absolute Gasteiger partial charge is 0.493 e. The number of nitrogens with zero attached hydrogens (tertiary/aromatic N) is 1. The molecule has 2 heterocycles. The predicted molar refractivity (Wildman–Crippen MR) is 208 cm³/mol. The second-order valence-corrected chi connectivity index (χ2v) is 14.3. The van der Waals surface area contributed by atoms with E-state index in [0.29, 0.717) is 65.7 Å². The number of thioether (sulfide) groups is 1. The Labute approximate surface area is 317 Å². The summed E-state index contributed by atoms with van der Waals surface area (Å²) < 4.78 is 11.1.